The van der Waals surface area contributed by atoms with Crippen molar-refractivity contribution in [2.75, 3.05) is 40.0 Å². The van der Waals surface area contributed by atoms with E-state index in [1.165, 1.54) is 14.2 Å². The van der Waals surface area contributed by atoms with Gasteiger partial charge in [0.25, 0.3) is 0 Å². The molecule has 278 valence electrons. The molecule has 2 aromatic rings. The number of carbonyl (C=O) groups is 2. The highest BCUT2D eigenvalue weighted by atomic mass is 28.3. The largest absolute Gasteiger partial charge is 0.497 e. The molecule has 1 saturated heterocycles. The predicted molar refractivity (Wildman–Crippen MR) is 193 cm³/mol. The van der Waals surface area contributed by atoms with Crippen molar-refractivity contribution in [2.24, 2.45) is 5.92 Å². The van der Waals surface area contributed by atoms with Crippen molar-refractivity contribution in [3.63, 3.8) is 0 Å². The highest BCUT2D eigenvalue weighted by Gasteiger charge is 2.46. The van der Waals surface area contributed by atoms with Crippen LogP contribution in [0.2, 0.25) is 25.7 Å². The number of carbonyl (C=O) groups excluding carboxylic acids is 2. The number of amides is 1. The predicted octanol–water partition coefficient (Wildman–Crippen LogP) is 6.19. The van der Waals surface area contributed by atoms with Gasteiger partial charge >= 0.3 is 5.97 Å². The minimum Gasteiger partial charge on any atom is -0.497 e. The molecule has 2 N–H and O–H groups in total. The molecule has 5 atom stereocenters. The van der Waals surface area contributed by atoms with Crippen LogP contribution in [0.1, 0.15) is 50.0 Å². The summed E-state index contributed by atoms with van der Waals surface area (Å²) in [6.45, 7) is 14.1. The molecule has 0 aromatic heterocycles. The van der Waals surface area contributed by atoms with Gasteiger partial charge in [0.15, 0.2) is 12.6 Å². The fourth-order valence-electron chi connectivity index (χ4n) is 5.08. The second kappa shape index (κ2) is 18.7. The number of aliphatic hydroxyl groups excluding tert-OH is 1. The van der Waals surface area contributed by atoms with Crippen LogP contribution in [0.4, 0.5) is 5.69 Å². The van der Waals surface area contributed by atoms with E-state index in [4.69, 9.17) is 37.9 Å². The molecule has 50 heavy (non-hydrogen) atoms. The average molecular weight is 718 g/mol. The quantitative estimate of drug-likeness (QED) is 0.0744. The maximum Gasteiger partial charge on any atom is 0.344 e. The van der Waals surface area contributed by atoms with E-state index in [-0.39, 0.29) is 49.3 Å². The molecule has 1 aliphatic rings. The van der Waals surface area contributed by atoms with Gasteiger partial charge in [-0.3, -0.25) is 4.79 Å². The third kappa shape index (κ3) is 12.7. The number of hydrogen-bond acceptors (Lipinski definition) is 11. The molecule has 1 amide bonds. The number of anilines is 1. The Morgan fingerprint density at radius 2 is 1.68 bits per heavy atom. The minimum absolute atomic E-state index is 0.0444. The van der Waals surface area contributed by atoms with Crippen LogP contribution in [-0.4, -0.2) is 90.0 Å². The molecule has 0 bridgehead atoms. The van der Waals surface area contributed by atoms with Gasteiger partial charge in [-0.25, -0.2) is 4.79 Å². The number of methoxy groups -OCH3 is 3. The van der Waals surface area contributed by atoms with Crippen molar-refractivity contribution < 1.29 is 52.6 Å². The molecule has 3 rings (SSSR count). The van der Waals surface area contributed by atoms with Gasteiger partial charge in [-0.15, -0.1) is 0 Å². The third-order valence-corrected chi connectivity index (χ3v) is 9.81. The van der Waals surface area contributed by atoms with Crippen molar-refractivity contribution in [3.05, 3.63) is 59.7 Å². The minimum atomic E-state index is -1.49. The summed E-state index contributed by atoms with van der Waals surface area (Å²) in [5.41, 5.74) is 1.11. The molecule has 0 aliphatic carbocycles. The van der Waals surface area contributed by atoms with Gasteiger partial charge < -0.3 is 48.3 Å². The zero-order chi connectivity index (χ0) is 37.1. The third-order valence-electron chi connectivity index (χ3n) is 8.11. The Hall–Kier alpha value is -3.46. The first-order chi connectivity index (χ1) is 23.6. The zero-order valence-corrected chi connectivity index (χ0v) is 32.1. The van der Waals surface area contributed by atoms with E-state index in [0.717, 1.165) is 17.4 Å². The molecule has 0 saturated carbocycles. The van der Waals surface area contributed by atoms with Crippen molar-refractivity contribution in [2.45, 2.75) is 96.6 Å². The molecule has 12 nitrogen and oxygen atoms in total. The van der Waals surface area contributed by atoms with Crippen LogP contribution in [0.3, 0.4) is 0 Å². The number of aliphatic hydroxyl groups is 1. The Balaban J connectivity index is 1.90. The maximum absolute atomic E-state index is 13.8. The van der Waals surface area contributed by atoms with E-state index in [9.17, 15) is 14.7 Å². The Kier molecular flexibility index (Phi) is 15.3. The monoisotopic (exact) mass is 717 g/mol. The van der Waals surface area contributed by atoms with Crippen molar-refractivity contribution in [1.29, 1.82) is 0 Å². The van der Waals surface area contributed by atoms with Gasteiger partial charge in [0.1, 0.15) is 35.0 Å². The molecule has 2 aromatic carbocycles. The first-order valence-corrected chi connectivity index (χ1v) is 20.5. The highest BCUT2D eigenvalue weighted by Crippen LogP contribution is 2.36. The summed E-state index contributed by atoms with van der Waals surface area (Å²) >= 11 is 0. The zero-order valence-electron chi connectivity index (χ0n) is 31.1. The lowest BCUT2D eigenvalue weighted by molar-refractivity contribution is -0.157. The summed E-state index contributed by atoms with van der Waals surface area (Å²) in [6.07, 6.45) is 0.934. The van der Waals surface area contributed by atoms with Crippen LogP contribution >= 0.6 is 0 Å². The summed E-state index contributed by atoms with van der Waals surface area (Å²) in [5, 5.41) is 13.0. The average Bonchev–Trinajstić information content (AvgIpc) is 3.35. The van der Waals surface area contributed by atoms with Crippen molar-refractivity contribution in [3.8, 4) is 17.2 Å². The topological polar surface area (TPSA) is 140 Å². The number of nitrogens with one attached hydrogen (secondary N) is 1. The number of benzene rings is 2. The van der Waals surface area contributed by atoms with Crippen LogP contribution in [-0.2, 0) is 35.1 Å². The lowest BCUT2D eigenvalue weighted by Gasteiger charge is -2.25. The van der Waals surface area contributed by atoms with E-state index >= 15 is 0 Å². The Morgan fingerprint density at radius 1 is 1.00 bits per heavy atom. The maximum atomic E-state index is 13.8. The van der Waals surface area contributed by atoms with E-state index in [1.54, 1.807) is 40.0 Å². The SMILES string of the molecule is COCOc1cc(OC)cc(NC(=O)C[C@@H]2OC(C)(C)O[C@@H]2C(/C=C\[C@@H](C)[C@@H](C)O)OCc2ccc(OC)cc2)c1C(=O)OCC[Si](C)(C)C. The van der Waals surface area contributed by atoms with Crippen LogP contribution in [0.15, 0.2) is 48.6 Å². The number of ether oxygens (including phenoxy) is 8. The van der Waals surface area contributed by atoms with E-state index in [0.29, 0.717) is 5.75 Å². The van der Waals surface area contributed by atoms with Gasteiger partial charge in [-0.1, -0.05) is 50.8 Å². The fourth-order valence-corrected chi connectivity index (χ4v) is 5.79. The van der Waals surface area contributed by atoms with Gasteiger partial charge in [0.2, 0.25) is 5.91 Å². The molecular weight excluding hydrogens is 662 g/mol. The molecule has 1 fully saturated rings. The summed E-state index contributed by atoms with van der Waals surface area (Å²) < 4.78 is 46.2. The fraction of sp³-hybridized carbons (Fsp3) is 0.568. The summed E-state index contributed by atoms with van der Waals surface area (Å²) in [7, 11) is 3.06. The Morgan fingerprint density at radius 3 is 2.28 bits per heavy atom. The molecule has 0 radical (unpaired) electrons. The van der Waals surface area contributed by atoms with Gasteiger partial charge in [-0.05, 0) is 50.4 Å². The molecule has 1 unspecified atom stereocenters. The first kappa shape index (κ1) is 41.0. The second-order valence-electron chi connectivity index (χ2n) is 14.0. The van der Waals surface area contributed by atoms with Crippen molar-refractivity contribution in [1.82, 2.24) is 0 Å². The van der Waals surface area contributed by atoms with Gasteiger partial charge in [-0.2, -0.15) is 0 Å². The molecular formula is C37H55NO11Si. The summed E-state index contributed by atoms with van der Waals surface area (Å²) in [4.78, 5) is 27.3. The molecule has 0 spiro atoms. The Labute approximate surface area is 297 Å². The molecule has 1 heterocycles. The number of rotatable bonds is 19. The van der Waals surface area contributed by atoms with E-state index < -0.39 is 50.2 Å². The van der Waals surface area contributed by atoms with Crippen LogP contribution in [0.25, 0.3) is 0 Å². The van der Waals surface area contributed by atoms with Crippen LogP contribution < -0.4 is 19.5 Å². The normalized spacial score (nSPS) is 19.1. The van der Waals surface area contributed by atoms with E-state index in [1.807, 2.05) is 43.3 Å². The van der Waals surface area contributed by atoms with Gasteiger partial charge in [0.05, 0.1) is 51.7 Å². The first-order valence-electron chi connectivity index (χ1n) is 16.8. The lowest BCUT2D eigenvalue weighted by atomic mass is 10.0. The lowest BCUT2D eigenvalue weighted by Crippen LogP contribution is -2.38. The Bertz CT molecular complexity index is 1420. The van der Waals surface area contributed by atoms with Gasteiger partial charge in [0, 0.05) is 27.3 Å². The summed E-state index contributed by atoms with van der Waals surface area (Å²) in [5.74, 6) is -1.05. The number of hydrogen-bond donors (Lipinski definition) is 2. The number of esters is 1. The second-order valence-corrected chi connectivity index (χ2v) is 19.7. The van der Waals surface area contributed by atoms with Crippen LogP contribution in [0.5, 0.6) is 17.2 Å². The highest BCUT2D eigenvalue weighted by molar-refractivity contribution is 6.76. The van der Waals surface area contributed by atoms with E-state index in [2.05, 4.69) is 25.0 Å². The van der Waals surface area contributed by atoms with Crippen LogP contribution in [0, 0.1) is 5.92 Å². The molecule has 13 heteroatoms. The standard InChI is InChI=1S/C37H55NO11Si/c1-24(25(2)39)11-16-30(46-22-26-12-14-27(43-6)15-13-26)35-32(48-37(3,4)49-35)21-33(40)38-29-19-28(44-7)20-31(47-23-42-5)34(29)36(41)45-17-18-50(8,9)10/h11-16,19-20,24-25,30,32,35,39H,17-18,21-23H2,1-10H3,(H,38,40)/b16-11-/t24-,25-,30?,32+,35-/m1/s1. The van der Waals surface area contributed by atoms with Crippen molar-refractivity contribution >= 4 is 25.6 Å². The molecule has 1 aliphatic heterocycles. The summed E-state index contributed by atoms with van der Waals surface area (Å²) in [6, 6.07) is 11.4. The smallest absolute Gasteiger partial charge is 0.344 e.